The third kappa shape index (κ3) is 8.60. The van der Waals surface area contributed by atoms with Crippen molar-refractivity contribution in [2.24, 2.45) is 0 Å². The van der Waals surface area contributed by atoms with E-state index in [0.717, 1.165) is 77.6 Å². The molecule has 0 unspecified atom stereocenters. The molecule has 0 radical (unpaired) electrons. The molecule has 2 aromatic heterocycles. The average molecular weight is 568 g/mol. The third-order valence-corrected chi connectivity index (χ3v) is 7.61. The van der Waals surface area contributed by atoms with Gasteiger partial charge in [-0.15, -0.1) is 0 Å². The molecule has 7 nitrogen and oxygen atoms in total. The normalized spacial score (nSPS) is 11.4. The highest BCUT2D eigenvalue weighted by Gasteiger charge is 2.16. The minimum atomic E-state index is 0.131. The van der Waals surface area contributed by atoms with Crippen molar-refractivity contribution < 1.29 is 9.53 Å². The van der Waals surface area contributed by atoms with Crippen molar-refractivity contribution in [3.63, 3.8) is 0 Å². The number of nitrogens with one attached hydrogen (secondary N) is 1. The molecule has 0 saturated carbocycles. The Hall–Kier alpha value is -3.81. The number of hydrogen-bond donors (Lipinski definition) is 1. The van der Waals surface area contributed by atoms with Gasteiger partial charge in [-0.2, -0.15) is 0 Å². The lowest BCUT2D eigenvalue weighted by Crippen LogP contribution is -2.24. The van der Waals surface area contributed by atoms with Crippen LogP contribution in [0.25, 0.3) is 0 Å². The Labute approximate surface area is 251 Å². The third-order valence-electron chi connectivity index (χ3n) is 7.61. The number of methoxy groups -OCH3 is 1. The summed E-state index contributed by atoms with van der Waals surface area (Å²) in [6.45, 7) is 13.7. The predicted molar refractivity (Wildman–Crippen MR) is 169 cm³/mol. The van der Waals surface area contributed by atoms with Crippen molar-refractivity contribution in [1.82, 2.24) is 24.8 Å². The largest absolute Gasteiger partial charge is 0.496 e. The standard InChI is InChI=1S/C35H45N5O2/c1-6-18-39(19-7-2)22-29-10-8-28(9-11-29)20-33(41)31-14-12-30(13-15-31)23-40(25-34-36-16-17-37-34)24-32-27(4)35(42-5)26(3)21-38-32/h8-17,21H,6-7,18-20,22-25H2,1-5H3,(H,36,37). The molecule has 42 heavy (non-hydrogen) atoms. The number of aromatic amines is 1. The molecule has 7 heteroatoms. The van der Waals surface area contributed by atoms with Crippen molar-refractivity contribution in [1.29, 1.82) is 0 Å². The van der Waals surface area contributed by atoms with Crippen molar-refractivity contribution in [3.05, 3.63) is 112 Å². The van der Waals surface area contributed by atoms with Crippen LogP contribution in [-0.4, -0.2) is 50.7 Å². The van der Waals surface area contributed by atoms with Crippen molar-refractivity contribution in [3.8, 4) is 5.75 Å². The molecular formula is C35H45N5O2. The van der Waals surface area contributed by atoms with E-state index in [1.165, 1.54) is 5.56 Å². The zero-order chi connectivity index (χ0) is 29.9. The molecule has 0 fully saturated rings. The monoisotopic (exact) mass is 567 g/mol. The van der Waals surface area contributed by atoms with Gasteiger partial charge in [0.05, 0.1) is 19.3 Å². The first-order valence-corrected chi connectivity index (χ1v) is 15.0. The predicted octanol–water partition coefficient (Wildman–Crippen LogP) is 6.68. The zero-order valence-electron chi connectivity index (χ0n) is 25.8. The van der Waals surface area contributed by atoms with Crippen LogP contribution in [0.3, 0.4) is 0 Å². The maximum atomic E-state index is 13.1. The van der Waals surface area contributed by atoms with Crippen LogP contribution >= 0.6 is 0 Å². The van der Waals surface area contributed by atoms with Crippen molar-refractivity contribution in [2.45, 2.75) is 73.1 Å². The fourth-order valence-electron chi connectivity index (χ4n) is 5.47. The van der Waals surface area contributed by atoms with E-state index in [2.05, 4.69) is 76.9 Å². The first-order chi connectivity index (χ1) is 20.4. The summed E-state index contributed by atoms with van der Waals surface area (Å²) < 4.78 is 5.63. The van der Waals surface area contributed by atoms with Crippen molar-refractivity contribution in [2.75, 3.05) is 20.2 Å². The second-order valence-electron chi connectivity index (χ2n) is 11.1. The molecule has 2 aromatic carbocycles. The SMILES string of the molecule is CCCN(CCC)Cc1ccc(CC(=O)c2ccc(CN(Cc3ncc[nH]3)Cc3ncc(C)c(OC)c3C)cc2)cc1. The number of pyridine rings is 1. The highest BCUT2D eigenvalue weighted by atomic mass is 16.5. The van der Waals surface area contributed by atoms with Gasteiger partial charge < -0.3 is 9.72 Å². The Bertz CT molecular complexity index is 1390. The van der Waals surface area contributed by atoms with E-state index in [9.17, 15) is 4.79 Å². The number of imidazole rings is 1. The summed E-state index contributed by atoms with van der Waals surface area (Å²) in [5.41, 5.74) is 7.26. The number of carbonyl (C=O) groups excluding carboxylic acids is 1. The lowest BCUT2D eigenvalue weighted by molar-refractivity contribution is 0.0993. The summed E-state index contributed by atoms with van der Waals surface area (Å²) in [5.74, 6) is 1.91. The lowest BCUT2D eigenvalue weighted by Gasteiger charge is -2.23. The number of aromatic nitrogens is 3. The van der Waals surface area contributed by atoms with Crippen LogP contribution < -0.4 is 4.74 Å². The first-order valence-electron chi connectivity index (χ1n) is 15.0. The summed E-state index contributed by atoms with van der Waals surface area (Å²) in [6, 6.07) is 16.5. The molecule has 4 aromatic rings. The Morgan fingerprint density at radius 2 is 1.43 bits per heavy atom. The molecule has 0 spiro atoms. The highest BCUT2D eigenvalue weighted by molar-refractivity contribution is 5.97. The molecule has 0 aliphatic heterocycles. The summed E-state index contributed by atoms with van der Waals surface area (Å²) in [7, 11) is 1.70. The maximum Gasteiger partial charge on any atom is 0.167 e. The summed E-state index contributed by atoms with van der Waals surface area (Å²) in [5, 5.41) is 0. The second kappa shape index (κ2) is 15.4. The molecule has 222 valence electrons. The van der Waals surface area contributed by atoms with Crippen molar-refractivity contribution >= 4 is 5.78 Å². The maximum absolute atomic E-state index is 13.1. The van der Waals surface area contributed by atoms with E-state index in [1.54, 1.807) is 13.3 Å². The minimum absolute atomic E-state index is 0.131. The number of rotatable bonds is 16. The molecule has 0 saturated heterocycles. The number of Topliss-reactive ketones (excluding diaryl/α,β-unsaturated/α-hetero) is 1. The molecule has 0 aliphatic rings. The molecule has 0 amide bonds. The fourth-order valence-corrected chi connectivity index (χ4v) is 5.47. The summed E-state index contributed by atoms with van der Waals surface area (Å²) in [4.78, 5) is 30.3. The van der Waals surface area contributed by atoms with Crippen LogP contribution in [0.1, 0.15) is 76.4 Å². The van der Waals surface area contributed by atoms with Gasteiger partial charge in [0, 0.05) is 61.3 Å². The first kappa shape index (κ1) is 31.1. The van der Waals surface area contributed by atoms with Crippen LogP contribution in [0.2, 0.25) is 0 Å². The van der Waals surface area contributed by atoms with Gasteiger partial charge in [0.25, 0.3) is 0 Å². The Morgan fingerprint density at radius 1 is 0.810 bits per heavy atom. The highest BCUT2D eigenvalue weighted by Crippen LogP contribution is 2.25. The van der Waals surface area contributed by atoms with E-state index in [1.807, 2.05) is 31.5 Å². The molecule has 0 bridgehead atoms. The van der Waals surface area contributed by atoms with Gasteiger partial charge in [-0.1, -0.05) is 62.4 Å². The van der Waals surface area contributed by atoms with Crippen LogP contribution in [0, 0.1) is 13.8 Å². The average Bonchev–Trinajstić information content (AvgIpc) is 3.49. The number of carbonyl (C=O) groups is 1. The van der Waals surface area contributed by atoms with Gasteiger partial charge in [0.15, 0.2) is 5.78 Å². The number of H-pyrrole nitrogens is 1. The fraction of sp³-hybridized carbons (Fsp3) is 0.400. The Balaban J connectivity index is 1.40. The molecular weight excluding hydrogens is 522 g/mol. The number of benzene rings is 2. The van der Waals surface area contributed by atoms with Crippen LogP contribution in [0.15, 0.2) is 67.1 Å². The zero-order valence-corrected chi connectivity index (χ0v) is 25.8. The Kier molecular flexibility index (Phi) is 11.4. The molecule has 2 heterocycles. The van der Waals surface area contributed by atoms with Gasteiger partial charge in [0.2, 0.25) is 0 Å². The van der Waals surface area contributed by atoms with Crippen LogP contribution in [0.5, 0.6) is 5.75 Å². The van der Waals surface area contributed by atoms with Crippen LogP contribution in [-0.2, 0) is 32.6 Å². The Morgan fingerprint density at radius 3 is 2.02 bits per heavy atom. The molecule has 0 atom stereocenters. The lowest BCUT2D eigenvalue weighted by atomic mass is 10.0. The van der Waals surface area contributed by atoms with Gasteiger partial charge in [0.1, 0.15) is 11.6 Å². The van der Waals surface area contributed by atoms with E-state index < -0.39 is 0 Å². The number of hydrogen-bond acceptors (Lipinski definition) is 6. The van der Waals surface area contributed by atoms with Gasteiger partial charge in [-0.05, 0) is 56.5 Å². The van der Waals surface area contributed by atoms with E-state index >= 15 is 0 Å². The van der Waals surface area contributed by atoms with Gasteiger partial charge in [-0.3, -0.25) is 19.6 Å². The number of ether oxygens (including phenoxy) is 1. The number of ketones is 1. The molecule has 1 N–H and O–H groups in total. The van der Waals surface area contributed by atoms with Gasteiger partial charge in [-0.25, -0.2) is 4.98 Å². The quantitative estimate of drug-likeness (QED) is 0.152. The molecule has 4 rings (SSSR count). The van der Waals surface area contributed by atoms with Crippen LogP contribution in [0.4, 0.5) is 0 Å². The van der Waals surface area contributed by atoms with E-state index in [0.29, 0.717) is 26.1 Å². The second-order valence-corrected chi connectivity index (χ2v) is 11.1. The van der Waals surface area contributed by atoms with E-state index in [-0.39, 0.29) is 5.78 Å². The summed E-state index contributed by atoms with van der Waals surface area (Å²) >= 11 is 0. The number of aryl methyl sites for hydroxylation is 1. The van der Waals surface area contributed by atoms with E-state index in [4.69, 9.17) is 9.72 Å². The smallest absolute Gasteiger partial charge is 0.167 e. The molecule has 0 aliphatic carbocycles. The minimum Gasteiger partial charge on any atom is -0.496 e. The summed E-state index contributed by atoms with van der Waals surface area (Å²) in [6.07, 6.45) is 8.20. The number of nitrogens with zero attached hydrogens (tertiary/aromatic N) is 4. The van der Waals surface area contributed by atoms with Gasteiger partial charge >= 0.3 is 0 Å². The topological polar surface area (TPSA) is 74.4 Å².